The van der Waals surface area contributed by atoms with Crippen molar-refractivity contribution < 1.29 is 14.3 Å². The van der Waals surface area contributed by atoms with Gasteiger partial charge in [0.05, 0.1) is 16.9 Å². The molecule has 30 heavy (non-hydrogen) atoms. The molecule has 0 N–H and O–H groups in total. The van der Waals surface area contributed by atoms with E-state index in [4.69, 9.17) is 4.74 Å². The summed E-state index contributed by atoms with van der Waals surface area (Å²) in [6.07, 6.45) is 0. The third-order valence-corrected chi connectivity index (χ3v) is 5.59. The van der Waals surface area contributed by atoms with Crippen LogP contribution in [0, 0.1) is 34.6 Å². The van der Waals surface area contributed by atoms with Crippen LogP contribution >= 0.6 is 11.3 Å². The molecule has 0 fully saturated rings. The molecule has 5 nitrogen and oxygen atoms in total. The number of aromatic nitrogens is 1. The second-order valence-corrected chi connectivity index (χ2v) is 8.51. The van der Waals surface area contributed by atoms with Crippen LogP contribution in [0.5, 0.6) is 0 Å². The summed E-state index contributed by atoms with van der Waals surface area (Å²) in [5.41, 5.74) is 7.19. The lowest BCUT2D eigenvalue weighted by Gasteiger charge is -2.23. The second-order valence-electron chi connectivity index (χ2n) is 7.68. The van der Waals surface area contributed by atoms with Crippen molar-refractivity contribution >= 4 is 34.0 Å². The Morgan fingerprint density at radius 3 is 2.07 bits per heavy atom. The van der Waals surface area contributed by atoms with Gasteiger partial charge in [-0.05, 0) is 57.9 Å². The predicted octanol–water partition coefficient (Wildman–Crippen LogP) is 5.73. The molecule has 0 saturated heterocycles. The molecule has 0 radical (unpaired) electrons. The molecule has 0 spiro atoms. The molecule has 2 aromatic carbocycles. The van der Waals surface area contributed by atoms with E-state index in [1.54, 1.807) is 4.90 Å². The minimum Gasteiger partial charge on any atom is -0.456 e. The number of hydrogen-bond acceptors (Lipinski definition) is 5. The maximum absolute atomic E-state index is 12.5. The highest BCUT2D eigenvalue weighted by Gasteiger charge is 2.22. The van der Waals surface area contributed by atoms with Crippen molar-refractivity contribution in [3.63, 3.8) is 0 Å². The van der Waals surface area contributed by atoms with Crippen LogP contribution < -0.4 is 4.90 Å². The van der Waals surface area contributed by atoms with E-state index < -0.39 is 0 Å². The first-order valence-corrected chi connectivity index (χ1v) is 10.6. The van der Waals surface area contributed by atoms with E-state index in [0.717, 1.165) is 33.5 Å². The van der Waals surface area contributed by atoms with Crippen LogP contribution in [0.15, 0.2) is 35.7 Å². The van der Waals surface area contributed by atoms with Crippen molar-refractivity contribution in [2.24, 2.45) is 0 Å². The number of ether oxygens (including phenoxy) is 1. The fourth-order valence-electron chi connectivity index (χ4n) is 3.69. The summed E-state index contributed by atoms with van der Waals surface area (Å²) in [5, 5.41) is 2.38. The Hall–Kier alpha value is -2.99. The molecule has 0 aliphatic rings. The average molecular weight is 423 g/mol. The van der Waals surface area contributed by atoms with Gasteiger partial charge in [0, 0.05) is 12.3 Å². The number of hydrogen-bond donors (Lipinski definition) is 0. The number of carbonyl (C=O) groups is 2. The topological polar surface area (TPSA) is 59.5 Å². The Balaban J connectivity index is 1.80. The van der Waals surface area contributed by atoms with E-state index in [1.165, 1.54) is 18.3 Å². The van der Waals surface area contributed by atoms with Crippen LogP contribution in [0.4, 0.5) is 10.8 Å². The summed E-state index contributed by atoms with van der Waals surface area (Å²) >= 11 is 1.36. The zero-order valence-corrected chi connectivity index (χ0v) is 19.0. The maximum atomic E-state index is 12.5. The largest absolute Gasteiger partial charge is 0.456 e. The molecule has 3 aromatic rings. The van der Waals surface area contributed by atoms with Crippen molar-refractivity contribution in [1.29, 1.82) is 0 Å². The zero-order chi connectivity index (χ0) is 22.0. The van der Waals surface area contributed by atoms with E-state index >= 15 is 0 Å². The smallest absolute Gasteiger partial charge is 0.338 e. The van der Waals surface area contributed by atoms with Crippen LogP contribution in [0.2, 0.25) is 0 Å². The lowest BCUT2D eigenvalue weighted by molar-refractivity contribution is -0.115. The predicted molar refractivity (Wildman–Crippen MR) is 121 cm³/mol. The van der Waals surface area contributed by atoms with Crippen LogP contribution in [-0.2, 0) is 16.1 Å². The van der Waals surface area contributed by atoms with Gasteiger partial charge in [-0.25, -0.2) is 9.78 Å². The van der Waals surface area contributed by atoms with Gasteiger partial charge in [-0.3, -0.25) is 9.69 Å². The summed E-state index contributed by atoms with van der Waals surface area (Å²) in [4.78, 5) is 31.1. The molecule has 0 aliphatic carbocycles. The van der Waals surface area contributed by atoms with Gasteiger partial charge >= 0.3 is 5.97 Å². The number of carbonyl (C=O) groups excluding carboxylic acids is 2. The van der Waals surface area contributed by atoms with Gasteiger partial charge in [0.15, 0.2) is 5.13 Å². The highest BCUT2D eigenvalue weighted by Crippen LogP contribution is 2.34. The number of thiazole rings is 1. The van der Waals surface area contributed by atoms with Gasteiger partial charge < -0.3 is 4.74 Å². The zero-order valence-electron chi connectivity index (χ0n) is 18.2. The van der Waals surface area contributed by atoms with Gasteiger partial charge in [0.25, 0.3) is 0 Å². The Morgan fingerprint density at radius 2 is 1.50 bits per heavy atom. The number of amides is 1. The van der Waals surface area contributed by atoms with Crippen molar-refractivity contribution in [2.75, 3.05) is 4.90 Å². The van der Waals surface area contributed by atoms with E-state index in [9.17, 15) is 9.59 Å². The summed E-state index contributed by atoms with van der Waals surface area (Å²) in [6, 6.07) is 9.73. The SMILES string of the molecule is CC(=O)N(c1nc(COC(=O)c2cc(C)cc(C)c2)cs1)c1c(C)cc(C)cc1C. The monoisotopic (exact) mass is 422 g/mol. The van der Waals surface area contributed by atoms with Crippen molar-refractivity contribution in [3.8, 4) is 0 Å². The number of benzene rings is 2. The third-order valence-electron chi connectivity index (χ3n) is 4.71. The Bertz CT molecular complexity index is 1070. The molecule has 0 aliphatic heterocycles. The average Bonchev–Trinajstić information content (AvgIpc) is 3.09. The molecule has 0 atom stereocenters. The fraction of sp³-hybridized carbons (Fsp3) is 0.292. The van der Waals surface area contributed by atoms with Gasteiger partial charge in [0.1, 0.15) is 6.61 Å². The van der Waals surface area contributed by atoms with Crippen molar-refractivity contribution in [3.05, 3.63) is 74.8 Å². The van der Waals surface area contributed by atoms with Crippen molar-refractivity contribution in [2.45, 2.75) is 48.1 Å². The molecule has 1 aromatic heterocycles. The Morgan fingerprint density at radius 1 is 0.933 bits per heavy atom. The molecular weight excluding hydrogens is 396 g/mol. The molecule has 3 rings (SSSR count). The van der Waals surface area contributed by atoms with Gasteiger partial charge in [0.2, 0.25) is 5.91 Å². The summed E-state index contributed by atoms with van der Waals surface area (Å²) in [6.45, 7) is 11.5. The van der Waals surface area contributed by atoms with Crippen LogP contribution in [0.1, 0.15) is 50.8 Å². The molecule has 6 heteroatoms. The first-order valence-electron chi connectivity index (χ1n) is 9.74. The normalized spacial score (nSPS) is 10.7. The summed E-state index contributed by atoms with van der Waals surface area (Å²) in [7, 11) is 0. The molecule has 0 bridgehead atoms. The number of anilines is 2. The number of nitrogens with zero attached hydrogens (tertiary/aromatic N) is 2. The standard InChI is InChI=1S/C24H26N2O3S/c1-14-7-15(2)11-20(10-14)23(28)29-12-21-13-30-24(25-21)26(19(6)27)22-17(4)8-16(3)9-18(22)5/h7-11,13H,12H2,1-6H3. The molecule has 1 amide bonds. The summed E-state index contributed by atoms with van der Waals surface area (Å²) in [5.74, 6) is -0.497. The first-order chi connectivity index (χ1) is 14.2. The summed E-state index contributed by atoms with van der Waals surface area (Å²) < 4.78 is 5.45. The molecule has 0 saturated carbocycles. The highest BCUT2D eigenvalue weighted by molar-refractivity contribution is 7.14. The van der Waals surface area contributed by atoms with Gasteiger partial charge in [-0.2, -0.15) is 0 Å². The fourth-order valence-corrected chi connectivity index (χ4v) is 4.55. The highest BCUT2D eigenvalue weighted by atomic mass is 32.1. The van der Waals surface area contributed by atoms with Crippen LogP contribution in [0.25, 0.3) is 0 Å². The van der Waals surface area contributed by atoms with Crippen molar-refractivity contribution in [1.82, 2.24) is 4.98 Å². The van der Waals surface area contributed by atoms with E-state index in [2.05, 4.69) is 17.1 Å². The van der Waals surface area contributed by atoms with E-state index in [-0.39, 0.29) is 18.5 Å². The molecular formula is C24H26N2O3S. The minimum absolute atomic E-state index is 0.0555. The number of rotatable bonds is 5. The number of esters is 1. The molecule has 156 valence electrons. The third kappa shape index (κ3) is 4.76. The van der Waals surface area contributed by atoms with Crippen LogP contribution in [0.3, 0.4) is 0 Å². The molecule has 1 heterocycles. The van der Waals surface area contributed by atoms with Gasteiger partial charge in [-0.1, -0.05) is 34.9 Å². The quantitative estimate of drug-likeness (QED) is 0.493. The second kappa shape index (κ2) is 8.79. The Kier molecular flexibility index (Phi) is 6.37. The minimum atomic E-state index is -0.384. The molecule has 0 unspecified atom stereocenters. The maximum Gasteiger partial charge on any atom is 0.338 e. The van der Waals surface area contributed by atoms with E-state index in [1.807, 2.05) is 58.2 Å². The lowest BCUT2D eigenvalue weighted by atomic mass is 10.0. The van der Waals surface area contributed by atoms with E-state index in [0.29, 0.717) is 16.4 Å². The Labute approximate surface area is 181 Å². The van der Waals surface area contributed by atoms with Crippen LogP contribution in [-0.4, -0.2) is 16.9 Å². The first kappa shape index (κ1) is 21.7. The van der Waals surface area contributed by atoms with Gasteiger partial charge in [-0.15, -0.1) is 11.3 Å². The number of aryl methyl sites for hydroxylation is 5. The lowest BCUT2D eigenvalue weighted by Crippen LogP contribution is -2.24.